The lowest BCUT2D eigenvalue weighted by molar-refractivity contribution is 0.112. The van der Waals surface area contributed by atoms with Gasteiger partial charge < -0.3 is 15.0 Å². The molecule has 0 unspecified atom stereocenters. The summed E-state index contributed by atoms with van der Waals surface area (Å²) in [5.41, 5.74) is 0. The van der Waals surface area contributed by atoms with Gasteiger partial charge in [0.25, 0.3) is 0 Å². The summed E-state index contributed by atoms with van der Waals surface area (Å²) in [7, 11) is 1.42. The van der Waals surface area contributed by atoms with E-state index in [4.69, 9.17) is 0 Å². The molecule has 1 aliphatic rings. The molecule has 0 aromatic rings. The molecule has 5 nitrogen and oxygen atoms in total. The maximum absolute atomic E-state index is 11.2. The molecule has 0 bridgehead atoms. The highest BCUT2D eigenvalue weighted by Gasteiger charge is 2.19. The van der Waals surface area contributed by atoms with Gasteiger partial charge >= 0.3 is 12.2 Å². The van der Waals surface area contributed by atoms with E-state index in [1.807, 2.05) is 0 Å². The van der Waals surface area contributed by atoms with Crippen LogP contribution in [0.5, 0.6) is 0 Å². The van der Waals surface area contributed by atoms with Gasteiger partial charge in [-0.25, -0.2) is 9.59 Å². The molecule has 0 spiro atoms. The van der Waals surface area contributed by atoms with Crippen molar-refractivity contribution in [3.8, 4) is 0 Å². The van der Waals surface area contributed by atoms with E-state index in [0.717, 1.165) is 19.3 Å². The van der Waals surface area contributed by atoms with E-state index in [1.165, 1.54) is 7.05 Å². The summed E-state index contributed by atoms with van der Waals surface area (Å²) in [5.74, 6) is 0. The van der Waals surface area contributed by atoms with Gasteiger partial charge in [0.2, 0.25) is 0 Å². The molecule has 1 rings (SSSR count). The van der Waals surface area contributed by atoms with E-state index in [1.54, 1.807) is 4.90 Å². The molecule has 1 aliphatic heterocycles. The SMILES string of the molecule is CNC(=O)OC(=O)N1CCCCC1. The fourth-order valence-electron chi connectivity index (χ4n) is 1.27. The van der Waals surface area contributed by atoms with E-state index in [2.05, 4.69) is 10.1 Å². The smallest absolute Gasteiger partial charge is 0.359 e. The van der Waals surface area contributed by atoms with Crippen LogP contribution in [0, 0.1) is 0 Å². The van der Waals surface area contributed by atoms with Crippen LogP contribution in [0.15, 0.2) is 0 Å². The molecule has 5 heteroatoms. The first kappa shape index (κ1) is 9.83. The molecular weight excluding hydrogens is 172 g/mol. The Balaban J connectivity index is 2.33. The van der Waals surface area contributed by atoms with E-state index in [0.29, 0.717) is 13.1 Å². The standard InChI is InChI=1S/C8H14N2O3/c1-9-7(11)13-8(12)10-5-3-2-4-6-10/h2-6H2,1H3,(H,9,11). The molecule has 0 radical (unpaired) electrons. The van der Waals surface area contributed by atoms with Crippen LogP contribution in [0.1, 0.15) is 19.3 Å². The number of rotatable bonds is 0. The zero-order valence-electron chi connectivity index (χ0n) is 7.71. The second-order valence-corrected chi connectivity index (χ2v) is 2.95. The minimum Gasteiger partial charge on any atom is -0.359 e. The third-order valence-corrected chi connectivity index (χ3v) is 2.00. The van der Waals surface area contributed by atoms with Gasteiger partial charge in [-0.15, -0.1) is 0 Å². The highest BCUT2D eigenvalue weighted by atomic mass is 16.6. The lowest BCUT2D eigenvalue weighted by Crippen LogP contribution is -2.38. The molecule has 0 atom stereocenters. The minimum atomic E-state index is -0.699. The Bertz CT molecular complexity index is 200. The molecule has 2 amide bonds. The van der Waals surface area contributed by atoms with E-state index in [-0.39, 0.29) is 0 Å². The summed E-state index contributed by atoms with van der Waals surface area (Å²) in [6.45, 7) is 1.38. The Kier molecular flexibility index (Phi) is 3.54. The molecular formula is C8H14N2O3. The van der Waals surface area contributed by atoms with Crippen LogP contribution in [-0.4, -0.2) is 37.2 Å². The predicted molar refractivity (Wildman–Crippen MR) is 46.4 cm³/mol. The third kappa shape index (κ3) is 2.93. The van der Waals surface area contributed by atoms with Gasteiger partial charge in [-0.05, 0) is 19.3 Å². The molecule has 0 aliphatic carbocycles. The average Bonchev–Trinajstić information content (AvgIpc) is 2.19. The summed E-state index contributed by atoms with van der Waals surface area (Å²) in [4.78, 5) is 23.4. The minimum absolute atomic E-state index is 0.543. The Morgan fingerprint density at radius 3 is 2.38 bits per heavy atom. The number of nitrogens with one attached hydrogen (secondary N) is 1. The zero-order valence-corrected chi connectivity index (χ0v) is 7.71. The van der Waals surface area contributed by atoms with Gasteiger partial charge in [0, 0.05) is 20.1 Å². The highest BCUT2D eigenvalue weighted by Crippen LogP contribution is 2.09. The van der Waals surface area contributed by atoms with Crippen LogP contribution >= 0.6 is 0 Å². The van der Waals surface area contributed by atoms with E-state index < -0.39 is 12.2 Å². The molecule has 13 heavy (non-hydrogen) atoms. The molecule has 0 aromatic heterocycles. The number of piperidine rings is 1. The van der Waals surface area contributed by atoms with Gasteiger partial charge in [-0.1, -0.05) is 0 Å². The largest absolute Gasteiger partial charge is 0.418 e. The van der Waals surface area contributed by atoms with Gasteiger partial charge in [0.15, 0.2) is 0 Å². The van der Waals surface area contributed by atoms with Crippen LogP contribution in [-0.2, 0) is 4.74 Å². The summed E-state index contributed by atoms with van der Waals surface area (Å²) in [5, 5.41) is 2.23. The normalized spacial score (nSPS) is 16.5. The van der Waals surface area contributed by atoms with E-state index >= 15 is 0 Å². The van der Waals surface area contributed by atoms with Crippen molar-refractivity contribution in [2.24, 2.45) is 0 Å². The van der Waals surface area contributed by atoms with Crippen molar-refractivity contribution >= 4 is 12.2 Å². The molecule has 1 fully saturated rings. The second-order valence-electron chi connectivity index (χ2n) is 2.95. The fraction of sp³-hybridized carbons (Fsp3) is 0.750. The van der Waals surface area contributed by atoms with Crippen LogP contribution in [0.2, 0.25) is 0 Å². The number of ether oxygens (including phenoxy) is 1. The number of hydrogen-bond acceptors (Lipinski definition) is 3. The third-order valence-electron chi connectivity index (χ3n) is 2.00. The lowest BCUT2D eigenvalue weighted by Gasteiger charge is -2.24. The maximum Gasteiger partial charge on any atom is 0.418 e. The van der Waals surface area contributed by atoms with Gasteiger partial charge in [0.05, 0.1) is 0 Å². The average molecular weight is 186 g/mol. The summed E-state index contributed by atoms with van der Waals surface area (Å²) >= 11 is 0. The van der Waals surface area contributed by atoms with Crippen molar-refractivity contribution in [3.63, 3.8) is 0 Å². The van der Waals surface area contributed by atoms with Crippen molar-refractivity contribution in [3.05, 3.63) is 0 Å². The monoisotopic (exact) mass is 186 g/mol. The van der Waals surface area contributed by atoms with E-state index in [9.17, 15) is 9.59 Å². The van der Waals surface area contributed by atoms with Crippen molar-refractivity contribution in [2.75, 3.05) is 20.1 Å². The summed E-state index contributed by atoms with van der Waals surface area (Å²) in [6.07, 6.45) is 1.88. The Morgan fingerprint density at radius 2 is 1.85 bits per heavy atom. The summed E-state index contributed by atoms with van der Waals surface area (Å²) in [6, 6.07) is 0. The molecule has 74 valence electrons. The second kappa shape index (κ2) is 4.69. The topological polar surface area (TPSA) is 58.6 Å². The first-order valence-electron chi connectivity index (χ1n) is 4.42. The zero-order chi connectivity index (χ0) is 9.68. The quantitative estimate of drug-likeness (QED) is 0.573. The first-order chi connectivity index (χ1) is 6.24. The van der Waals surface area contributed by atoms with Crippen molar-refractivity contribution in [1.82, 2.24) is 10.2 Å². The van der Waals surface area contributed by atoms with Crippen LogP contribution in [0.3, 0.4) is 0 Å². The number of amides is 2. The maximum atomic E-state index is 11.2. The molecule has 1 saturated heterocycles. The van der Waals surface area contributed by atoms with Crippen molar-refractivity contribution < 1.29 is 14.3 Å². The highest BCUT2D eigenvalue weighted by molar-refractivity contribution is 5.83. The Labute approximate surface area is 77.0 Å². The molecule has 1 heterocycles. The van der Waals surface area contributed by atoms with Gasteiger partial charge in [-0.2, -0.15) is 0 Å². The number of alkyl carbamates (subject to hydrolysis) is 1. The van der Waals surface area contributed by atoms with Gasteiger partial charge in [0.1, 0.15) is 0 Å². The predicted octanol–water partition coefficient (Wildman–Crippen LogP) is 0.948. The van der Waals surface area contributed by atoms with Crippen LogP contribution < -0.4 is 5.32 Å². The number of nitrogens with zero attached hydrogens (tertiary/aromatic N) is 1. The summed E-state index contributed by atoms with van der Waals surface area (Å²) < 4.78 is 4.48. The van der Waals surface area contributed by atoms with Crippen molar-refractivity contribution in [1.29, 1.82) is 0 Å². The number of carbonyl (C=O) groups excluding carboxylic acids is 2. The Morgan fingerprint density at radius 1 is 1.23 bits per heavy atom. The molecule has 1 N–H and O–H groups in total. The molecule has 0 aromatic carbocycles. The van der Waals surface area contributed by atoms with Crippen LogP contribution in [0.4, 0.5) is 9.59 Å². The van der Waals surface area contributed by atoms with Crippen LogP contribution in [0.25, 0.3) is 0 Å². The number of likely N-dealkylation sites (tertiary alicyclic amines) is 1. The molecule has 0 saturated carbocycles. The fourth-order valence-corrected chi connectivity index (χ4v) is 1.27. The van der Waals surface area contributed by atoms with Gasteiger partial charge in [-0.3, -0.25) is 0 Å². The lowest BCUT2D eigenvalue weighted by atomic mass is 10.1. The number of hydrogen-bond donors (Lipinski definition) is 1. The Hall–Kier alpha value is -1.26. The number of carbonyl (C=O) groups is 2. The first-order valence-corrected chi connectivity index (χ1v) is 4.42. The van der Waals surface area contributed by atoms with Crippen molar-refractivity contribution in [2.45, 2.75) is 19.3 Å².